The van der Waals surface area contributed by atoms with Crippen LogP contribution >= 0.6 is 0 Å². The van der Waals surface area contributed by atoms with Crippen LogP contribution < -0.4 is 10.1 Å². The Morgan fingerprint density at radius 1 is 1.31 bits per heavy atom. The van der Waals surface area contributed by atoms with Gasteiger partial charge in [-0.1, -0.05) is 12.1 Å². The van der Waals surface area contributed by atoms with Crippen molar-refractivity contribution in [2.24, 2.45) is 0 Å². The second kappa shape index (κ2) is 7.13. The summed E-state index contributed by atoms with van der Waals surface area (Å²) in [5.41, 5.74) is 2.24. The molecule has 26 heavy (non-hydrogen) atoms. The minimum Gasteiger partial charge on any atom is -0.496 e. The summed E-state index contributed by atoms with van der Waals surface area (Å²) in [4.78, 5) is 23.5. The van der Waals surface area contributed by atoms with Gasteiger partial charge < -0.3 is 19.9 Å². The molecule has 2 N–H and O–H groups in total. The Hall–Kier alpha value is -2.93. The minimum atomic E-state index is -1.21. The first-order chi connectivity index (χ1) is 12.4. The highest BCUT2D eigenvalue weighted by molar-refractivity contribution is 5.97. The molecule has 0 fully saturated rings. The van der Waals surface area contributed by atoms with E-state index in [-0.39, 0.29) is 0 Å². The molecule has 1 heterocycles. The van der Waals surface area contributed by atoms with E-state index in [1.165, 1.54) is 25.3 Å². The number of rotatable bonds is 4. The molecule has 1 amide bonds. The van der Waals surface area contributed by atoms with Crippen molar-refractivity contribution in [3.8, 4) is 5.75 Å². The van der Waals surface area contributed by atoms with Crippen molar-refractivity contribution in [2.45, 2.75) is 25.6 Å². The Labute approximate surface area is 149 Å². The van der Waals surface area contributed by atoms with E-state index in [1.807, 2.05) is 6.92 Å². The summed E-state index contributed by atoms with van der Waals surface area (Å²) < 4.78 is 25.1. The Morgan fingerprint density at radius 3 is 2.77 bits per heavy atom. The third-order valence-electron chi connectivity index (χ3n) is 4.34. The van der Waals surface area contributed by atoms with E-state index >= 15 is 0 Å². The smallest absolute Gasteiger partial charge is 0.306 e. The van der Waals surface area contributed by atoms with Gasteiger partial charge >= 0.3 is 5.97 Å². The number of amides is 1. The molecule has 0 unspecified atom stereocenters. The van der Waals surface area contributed by atoms with Crippen molar-refractivity contribution in [3.63, 3.8) is 0 Å². The van der Waals surface area contributed by atoms with Crippen molar-refractivity contribution in [1.29, 1.82) is 0 Å². The van der Waals surface area contributed by atoms with Crippen molar-refractivity contribution in [1.82, 2.24) is 0 Å². The van der Waals surface area contributed by atoms with E-state index in [0.29, 0.717) is 22.6 Å². The van der Waals surface area contributed by atoms with E-state index in [0.717, 1.165) is 5.56 Å². The Balaban J connectivity index is 2.15. The number of hydrogen-bond donors (Lipinski definition) is 2. The SMILES string of the molecule is COc1cccc([C@H]2O[C@H](CC(=O)O)C(=O)Nc3ccc(F)cc32)c1C. The fourth-order valence-electron chi connectivity index (χ4n) is 3.05. The molecular weight excluding hydrogens is 341 g/mol. The van der Waals surface area contributed by atoms with Gasteiger partial charge in [0.05, 0.1) is 13.5 Å². The molecule has 0 saturated heterocycles. The number of fused-ring (bicyclic) bond motifs is 1. The Kier molecular flexibility index (Phi) is 4.90. The number of nitrogens with one attached hydrogen (secondary N) is 1. The van der Waals surface area contributed by atoms with Crippen LogP contribution in [0.1, 0.15) is 29.2 Å². The zero-order valence-corrected chi connectivity index (χ0v) is 14.3. The van der Waals surface area contributed by atoms with Crippen LogP contribution in [0.4, 0.5) is 10.1 Å². The standard InChI is InChI=1S/C19H18FNO5/c1-10-12(4-3-5-15(10)25-2)18-13-8-11(20)6-7-14(13)21-19(24)16(26-18)9-17(22)23/h3-8,16,18H,9H2,1-2H3,(H,21,24)(H,22,23)/t16-,18-/m1/s1. The largest absolute Gasteiger partial charge is 0.496 e. The highest BCUT2D eigenvalue weighted by Gasteiger charge is 2.34. The average molecular weight is 359 g/mol. The maximum absolute atomic E-state index is 13.9. The maximum atomic E-state index is 13.9. The van der Waals surface area contributed by atoms with Crippen LogP contribution in [0.5, 0.6) is 5.75 Å². The molecule has 0 spiro atoms. The van der Waals surface area contributed by atoms with Crippen LogP contribution in [0.2, 0.25) is 0 Å². The van der Waals surface area contributed by atoms with Crippen LogP contribution in [-0.4, -0.2) is 30.2 Å². The first-order valence-corrected chi connectivity index (χ1v) is 8.01. The van der Waals surface area contributed by atoms with Crippen molar-refractivity contribution < 1.29 is 28.6 Å². The summed E-state index contributed by atoms with van der Waals surface area (Å²) in [5, 5.41) is 11.7. The summed E-state index contributed by atoms with van der Waals surface area (Å²) in [7, 11) is 1.53. The normalized spacial score (nSPS) is 19.3. The maximum Gasteiger partial charge on any atom is 0.306 e. The van der Waals surface area contributed by atoms with Crippen LogP contribution in [-0.2, 0) is 14.3 Å². The Bertz CT molecular complexity index is 867. The van der Waals surface area contributed by atoms with Crippen LogP contribution in [0.25, 0.3) is 0 Å². The van der Waals surface area contributed by atoms with Crippen molar-refractivity contribution >= 4 is 17.6 Å². The number of anilines is 1. The molecule has 0 radical (unpaired) electrons. The second-order valence-electron chi connectivity index (χ2n) is 6.00. The van der Waals surface area contributed by atoms with E-state index in [2.05, 4.69) is 5.32 Å². The molecule has 2 aromatic carbocycles. The highest BCUT2D eigenvalue weighted by Crippen LogP contribution is 2.39. The molecule has 0 aliphatic carbocycles. The molecule has 6 nitrogen and oxygen atoms in total. The highest BCUT2D eigenvalue weighted by atomic mass is 19.1. The third-order valence-corrected chi connectivity index (χ3v) is 4.34. The molecule has 136 valence electrons. The second-order valence-corrected chi connectivity index (χ2v) is 6.00. The summed E-state index contributed by atoms with van der Waals surface area (Å²) in [6.07, 6.45) is -2.53. The quantitative estimate of drug-likeness (QED) is 0.876. The van der Waals surface area contributed by atoms with Crippen LogP contribution in [0, 0.1) is 12.7 Å². The van der Waals surface area contributed by atoms with E-state index in [4.69, 9.17) is 14.6 Å². The average Bonchev–Trinajstić information content (AvgIpc) is 2.72. The van der Waals surface area contributed by atoms with E-state index in [9.17, 15) is 14.0 Å². The van der Waals surface area contributed by atoms with Gasteiger partial charge in [0.2, 0.25) is 0 Å². The van der Waals surface area contributed by atoms with Gasteiger partial charge in [-0.25, -0.2) is 4.39 Å². The fourth-order valence-corrected chi connectivity index (χ4v) is 3.05. The minimum absolute atomic E-state index is 0.386. The zero-order valence-electron chi connectivity index (χ0n) is 14.3. The molecular formula is C19H18FNO5. The molecule has 0 aromatic heterocycles. The topological polar surface area (TPSA) is 84.9 Å². The number of carbonyl (C=O) groups excluding carboxylic acids is 1. The summed E-state index contributed by atoms with van der Waals surface area (Å²) in [5.74, 6) is -1.61. The summed E-state index contributed by atoms with van der Waals surface area (Å²) in [6.45, 7) is 1.82. The lowest BCUT2D eigenvalue weighted by atomic mass is 9.95. The predicted octanol–water partition coefficient (Wildman–Crippen LogP) is 3.04. The number of hydrogen-bond acceptors (Lipinski definition) is 4. The van der Waals surface area contributed by atoms with Gasteiger partial charge in [0.15, 0.2) is 0 Å². The number of aliphatic carboxylic acids is 1. The first kappa shape index (κ1) is 17.9. The van der Waals surface area contributed by atoms with Gasteiger partial charge in [0.25, 0.3) is 5.91 Å². The lowest BCUT2D eigenvalue weighted by Gasteiger charge is -2.23. The number of carboxylic acid groups (broad SMARTS) is 1. The van der Waals surface area contributed by atoms with Crippen LogP contribution in [0.15, 0.2) is 36.4 Å². The lowest BCUT2D eigenvalue weighted by Crippen LogP contribution is -2.31. The van der Waals surface area contributed by atoms with Gasteiger partial charge in [0, 0.05) is 11.3 Å². The summed E-state index contributed by atoms with van der Waals surface area (Å²) >= 11 is 0. The number of benzene rings is 2. The molecule has 1 aliphatic rings. The number of methoxy groups -OCH3 is 1. The summed E-state index contributed by atoms with van der Waals surface area (Å²) in [6, 6.07) is 9.27. The van der Waals surface area contributed by atoms with Crippen molar-refractivity contribution in [2.75, 3.05) is 12.4 Å². The lowest BCUT2D eigenvalue weighted by molar-refractivity contribution is -0.146. The van der Waals surface area contributed by atoms with Gasteiger partial charge in [-0.05, 0) is 42.3 Å². The van der Waals surface area contributed by atoms with Crippen LogP contribution in [0.3, 0.4) is 0 Å². The number of ether oxygens (including phenoxy) is 2. The molecule has 7 heteroatoms. The zero-order chi connectivity index (χ0) is 18.8. The third kappa shape index (κ3) is 3.39. The molecule has 0 saturated carbocycles. The molecule has 0 bridgehead atoms. The van der Waals surface area contributed by atoms with E-state index < -0.39 is 36.3 Å². The van der Waals surface area contributed by atoms with Gasteiger partial charge in [-0.15, -0.1) is 0 Å². The Morgan fingerprint density at radius 2 is 2.08 bits per heavy atom. The molecule has 1 aliphatic heterocycles. The first-order valence-electron chi connectivity index (χ1n) is 8.01. The fraction of sp³-hybridized carbons (Fsp3) is 0.263. The molecule has 3 rings (SSSR count). The van der Waals surface area contributed by atoms with Gasteiger partial charge in [0.1, 0.15) is 23.8 Å². The van der Waals surface area contributed by atoms with Gasteiger partial charge in [-0.2, -0.15) is 0 Å². The number of halogens is 1. The monoisotopic (exact) mass is 359 g/mol. The predicted molar refractivity (Wildman–Crippen MR) is 91.7 cm³/mol. The van der Waals surface area contributed by atoms with Crippen molar-refractivity contribution in [3.05, 3.63) is 58.9 Å². The molecule has 2 atom stereocenters. The van der Waals surface area contributed by atoms with E-state index in [1.54, 1.807) is 18.2 Å². The number of carbonyl (C=O) groups is 2. The number of carboxylic acids is 1. The van der Waals surface area contributed by atoms with Gasteiger partial charge in [-0.3, -0.25) is 9.59 Å². The molecule has 2 aromatic rings.